The van der Waals surface area contributed by atoms with E-state index in [2.05, 4.69) is 0 Å². The number of hydrogen-bond donors (Lipinski definition) is 1. The van der Waals surface area contributed by atoms with Crippen molar-refractivity contribution < 1.29 is 39.6 Å². The van der Waals surface area contributed by atoms with E-state index in [0.717, 1.165) is 0 Å². The van der Waals surface area contributed by atoms with E-state index in [-0.39, 0.29) is 58.8 Å². The SMILES string of the molecule is NCCCC(C(=O)[O-])N1CCN(CC(=O)[O-])CCN(CC(=O)[O-])CCN(CC(=O)[O-])CC1. The summed E-state index contributed by atoms with van der Waals surface area (Å²) in [5.74, 6) is -5.22. The van der Waals surface area contributed by atoms with Crippen LogP contribution in [0.3, 0.4) is 0 Å². The summed E-state index contributed by atoms with van der Waals surface area (Å²) in [6.07, 6.45) is 0.679. The first-order valence-electron chi connectivity index (χ1n) is 10.5. The van der Waals surface area contributed by atoms with E-state index >= 15 is 0 Å². The summed E-state index contributed by atoms with van der Waals surface area (Å²) in [6, 6.07) is -0.967. The molecule has 0 aromatic heterocycles. The van der Waals surface area contributed by atoms with Gasteiger partial charge in [-0.25, -0.2) is 0 Å². The summed E-state index contributed by atoms with van der Waals surface area (Å²) in [4.78, 5) is 51.3. The van der Waals surface area contributed by atoms with Crippen LogP contribution < -0.4 is 26.2 Å². The number of carboxylic acid groups (broad SMARTS) is 4. The van der Waals surface area contributed by atoms with Crippen LogP contribution >= 0.6 is 0 Å². The summed E-state index contributed by atoms with van der Waals surface area (Å²) in [5, 5.41) is 45.1. The number of hydrogen-bond acceptors (Lipinski definition) is 13. The molecule has 1 fully saturated rings. The minimum absolute atomic E-state index is 0.177. The molecule has 2 N–H and O–H groups in total. The topological polar surface area (TPSA) is 200 Å². The predicted molar refractivity (Wildman–Crippen MR) is 103 cm³/mol. The Morgan fingerprint density at radius 1 is 0.656 bits per heavy atom. The van der Waals surface area contributed by atoms with Gasteiger partial charge >= 0.3 is 0 Å². The number of carboxylic acids is 4. The lowest BCUT2D eigenvalue weighted by Gasteiger charge is -2.38. The Hall–Kier alpha value is -2.32. The molecule has 0 radical (unpaired) electrons. The van der Waals surface area contributed by atoms with Gasteiger partial charge in [-0.15, -0.1) is 0 Å². The van der Waals surface area contributed by atoms with Crippen molar-refractivity contribution >= 4 is 23.9 Å². The Bertz CT molecular complexity index is 603. The monoisotopic (exact) mass is 457 g/mol. The van der Waals surface area contributed by atoms with Crippen LogP contribution in [0.4, 0.5) is 0 Å². The molecule has 1 aliphatic heterocycles. The largest absolute Gasteiger partial charge is 0.549 e. The standard InChI is InChI=1S/C19H35N5O8/c20-3-1-2-15(19(31)32)24-10-8-22(13-17(27)28)6-4-21(12-16(25)26)5-7-23(9-11-24)14-18(29)30/h15H,1-14,20H2,(H,25,26)(H,27,28)(H,29,30)(H,31,32)/p-4. The number of carbonyl (C=O) groups is 4. The average Bonchev–Trinajstić information content (AvgIpc) is 2.68. The molecule has 0 aromatic rings. The highest BCUT2D eigenvalue weighted by Crippen LogP contribution is 2.09. The van der Waals surface area contributed by atoms with Gasteiger partial charge in [0, 0.05) is 78.0 Å². The van der Waals surface area contributed by atoms with Crippen molar-refractivity contribution in [3.05, 3.63) is 0 Å². The Morgan fingerprint density at radius 3 is 1.28 bits per heavy atom. The maximum absolute atomic E-state index is 11.7. The van der Waals surface area contributed by atoms with E-state index in [1.807, 2.05) is 0 Å². The zero-order valence-corrected chi connectivity index (χ0v) is 18.1. The van der Waals surface area contributed by atoms with Gasteiger partial charge in [-0.3, -0.25) is 19.6 Å². The summed E-state index contributed by atoms with van der Waals surface area (Å²) in [6.45, 7) is 0.575. The smallest absolute Gasteiger partial charge is 0.0586 e. The molecule has 1 atom stereocenters. The first kappa shape index (κ1) is 27.7. The maximum atomic E-state index is 11.7. The van der Waals surface area contributed by atoms with Crippen LogP contribution in [0, 0.1) is 0 Å². The van der Waals surface area contributed by atoms with Crippen LogP contribution in [-0.2, 0) is 19.2 Å². The van der Waals surface area contributed by atoms with Gasteiger partial charge in [-0.2, -0.15) is 0 Å². The van der Waals surface area contributed by atoms with Crippen molar-refractivity contribution in [1.29, 1.82) is 0 Å². The molecule has 0 bridgehead atoms. The summed E-state index contributed by atoms with van der Waals surface area (Å²) in [5.41, 5.74) is 5.50. The zero-order valence-electron chi connectivity index (χ0n) is 18.1. The van der Waals surface area contributed by atoms with Crippen LogP contribution in [0.5, 0.6) is 0 Å². The number of rotatable bonds is 11. The lowest BCUT2D eigenvalue weighted by Crippen LogP contribution is -2.55. The van der Waals surface area contributed by atoms with Crippen LogP contribution in [-0.4, -0.2) is 128 Å². The van der Waals surface area contributed by atoms with Crippen molar-refractivity contribution in [3.8, 4) is 0 Å². The Morgan fingerprint density at radius 2 is 1.00 bits per heavy atom. The van der Waals surface area contributed by atoms with Gasteiger partial charge in [-0.05, 0) is 19.4 Å². The third kappa shape index (κ3) is 11.3. The fraction of sp³-hybridized carbons (Fsp3) is 0.789. The Labute approximate surface area is 187 Å². The number of aliphatic carboxylic acids is 4. The Balaban J connectivity index is 3.07. The molecule has 13 heteroatoms. The quantitative estimate of drug-likeness (QED) is 0.307. The molecule has 1 heterocycles. The molecule has 1 unspecified atom stereocenters. The summed E-state index contributed by atoms with van der Waals surface area (Å²) >= 11 is 0. The van der Waals surface area contributed by atoms with Crippen LogP contribution in [0.1, 0.15) is 12.8 Å². The lowest BCUT2D eigenvalue weighted by atomic mass is 10.1. The second kappa shape index (κ2) is 14.7. The second-order valence-electron chi connectivity index (χ2n) is 7.75. The van der Waals surface area contributed by atoms with Gasteiger partial charge in [0.25, 0.3) is 0 Å². The van der Waals surface area contributed by atoms with Crippen molar-refractivity contribution in [2.75, 3.05) is 78.5 Å². The van der Waals surface area contributed by atoms with Gasteiger partial charge in [0.15, 0.2) is 0 Å². The fourth-order valence-electron chi connectivity index (χ4n) is 3.65. The molecular weight excluding hydrogens is 426 g/mol. The molecule has 0 amide bonds. The van der Waals surface area contributed by atoms with Crippen LogP contribution in [0.2, 0.25) is 0 Å². The van der Waals surface area contributed by atoms with E-state index in [9.17, 15) is 39.6 Å². The van der Waals surface area contributed by atoms with E-state index in [1.165, 1.54) is 4.90 Å². The molecule has 32 heavy (non-hydrogen) atoms. The van der Waals surface area contributed by atoms with Gasteiger partial charge in [0.1, 0.15) is 0 Å². The van der Waals surface area contributed by atoms with Gasteiger partial charge in [0.05, 0.1) is 23.9 Å². The summed E-state index contributed by atoms with van der Waals surface area (Å²) in [7, 11) is 0. The van der Waals surface area contributed by atoms with Gasteiger partial charge < -0.3 is 45.3 Å². The molecule has 13 nitrogen and oxygen atoms in total. The van der Waals surface area contributed by atoms with E-state index in [1.54, 1.807) is 14.7 Å². The second-order valence-corrected chi connectivity index (χ2v) is 7.75. The third-order valence-electron chi connectivity index (χ3n) is 5.32. The average molecular weight is 457 g/mol. The fourth-order valence-corrected chi connectivity index (χ4v) is 3.65. The molecule has 1 rings (SSSR count). The first-order valence-corrected chi connectivity index (χ1v) is 10.5. The number of nitrogens with two attached hydrogens (primary N) is 1. The molecule has 1 saturated heterocycles. The van der Waals surface area contributed by atoms with Crippen LogP contribution in [0.15, 0.2) is 0 Å². The number of carbonyl (C=O) groups excluding carboxylic acids is 4. The minimum atomic E-state index is -1.31. The molecule has 184 valence electrons. The van der Waals surface area contributed by atoms with Crippen molar-refractivity contribution in [2.24, 2.45) is 5.73 Å². The highest BCUT2D eigenvalue weighted by Gasteiger charge is 2.22. The highest BCUT2D eigenvalue weighted by atomic mass is 16.4. The van der Waals surface area contributed by atoms with E-state index < -0.39 is 49.6 Å². The zero-order chi connectivity index (χ0) is 24.1. The van der Waals surface area contributed by atoms with Crippen molar-refractivity contribution in [1.82, 2.24) is 19.6 Å². The minimum Gasteiger partial charge on any atom is -0.549 e. The first-order chi connectivity index (χ1) is 15.1. The summed E-state index contributed by atoms with van der Waals surface area (Å²) < 4.78 is 0. The van der Waals surface area contributed by atoms with E-state index in [4.69, 9.17) is 5.73 Å². The third-order valence-corrected chi connectivity index (χ3v) is 5.32. The predicted octanol–water partition coefficient (Wildman–Crippen LogP) is -7.68. The molecule has 0 spiro atoms. The van der Waals surface area contributed by atoms with Crippen LogP contribution in [0.25, 0.3) is 0 Å². The Kier molecular flexibility index (Phi) is 12.7. The van der Waals surface area contributed by atoms with Gasteiger partial charge in [0.2, 0.25) is 0 Å². The normalized spacial score (nSPS) is 19.5. The van der Waals surface area contributed by atoms with Gasteiger partial charge in [-0.1, -0.05) is 0 Å². The maximum Gasteiger partial charge on any atom is 0.0586 e. The molecule has 0 aromatic carbocycles. The molecule has 0 aliphatic carbocycles. The van der Waals surface area contributed by atoms with Crippen molar-refractivity contribution in [2.45, 2.75) is 18.9 Å². The molecular formula is C19H31N5O8-4. The highest BCUT2D eigenvalue weighted by molar-refractivity contribution is 5.71. The molecule has 0 saturated carbocycles. The van der Waals surface area contributed by atoms with Crippen molar-refractivity contribution in [3.63, 3.8) is 0 Å². The number of nitrogens with zero attached hydrogens (tertiary/aromatic N) is 4. The molecule has 1 aliphatic rings. The lowest BCUT2D eigenvalue weighted by molar-refractivity contribution is -0.313. The van der Waals surface area contributed by atoms with E-state index in [0.29, 0.717) is 13.0 Å².